The number of hydrogen-bond donors (Lipinski definition) is 3. The lowest BCUT2D eigenvalue weighted by molar-refractivity contribution is 0.100. The molecule has 0 bridgehead atoms. The van der Waals surface area contributed by atoms with E-state index in [4.69, 9.17) is 11.5 Å². The Bertz CT molecular complexity index is 784. The lowest BCUT2D eigenvalue weighted by Gasteiger charge is -2.11. The Morgan fingerprint density at radius 2 is 1.71 bits per heavy atom. The molecule has 0 aromatic heterocycles. The predicted molar refractivity (Wildman–Crippen MR) is 82.2 cm³/mol. The van der Waals surface area contributed by atoms with E-state index >= 15 is 0 Å². The molecule has 7 heteroatoms. The van der Waals surface area contributed by atoms with Crippen molar-refractivity contribution in [3.05, 3.63) is 48.0 Å². The number of primary amides is 1. The minimum absolute atomic E-state index is 0.218. The van der Waals surface area contributed by atoms with Crippen molar-refractivity contribution in [1.29, 1.82) is 0 Å². The van der Waals surface area contributed by atoms with Crippen molar-refractivity contribution in [2.45, 2.75) is 4.90 Å². The van der Waals surface area contributed by atoms with Gasteiger partial charge in [-0.1, -0.05) is 0 Å². The van der Waals surface area contributed by atoms with E-state index in [0.29, 0.717) is 22.6 Å². The molecule has 0 aliphatic rings. The maximum atomic E-state index is 11.4. The third kappa shape index (κ3) is 3.51. The van der Waals surface area contributed by atoms with Crippen LogP contribution in [0.25, 0.3) is 0 Å². The number of amides is 1. The van der Waals surface area contributed by atoms with Crippen LogP contribution in [0.1, 0.15) is 10.4 Å². The van der Waals surface area contributed by atoms with Crippen LogP contribution < -0.4 is 16.8 Å². The van der Waals surface area contributed by atoms with Gasteiger partial charge in [-0.15, -0.1) is 0 Å². The van der Waals surface area contributed by atoms with E-state index in [9.17, 15) is 13.2 Å². The van der Waals surface area contributed by atoms with Gasteiger partial charge in [0.05, 0.1) is 16.1 Å². The minimum Gasteiger partial charge on any atom is -0.399 e. The maximum Gasteiger partial charge on any atom is 0.250 e. The molecule has 0 atom stereocenters. The number of benzene rings is 2. The second kappa shape index (κ2) is 5.45. The fourth-order valence-corrected chi connectivity index (χ4v) is 2.45. The zero-order chi connectivity index (χ0) is 15.6. The van der Waals surface area contributed by atoms with Gasteiger partial charge >= 0.3 is 0 Å². The summed E-state index contributed by atoms with van der Waals surface area (Å²) in [5.41, 5.74) is 12.9. The number of carbonyl (C=O) groups excluding carboxylic acids is 1. The fourth-order valence-electron chi connectivity index (χ4n) is 1.82. The number of nitrogens with one attached hydrogen (secondary N) is 1. The summed E-state index contributed by atoms with van der Waals surface area (Å²) < 4.78 is 22.8. The SMILES string of the molecule is CS(=O)(=O)c1ccc(Nc2cc(N)ccc2C(N)=O)cc1. The highest BCUT2D eigenvalue weighted by atomic mass is 32.2. The molecule has 110 valence electrons. The molecule has 6 nitrogen and oxygen atoms in total. The fraction of sp³-hybridized carbons (Fsp3) is 0.0714. The summed E-state index contributed by atoms with van der Waals surface area (Å²) in [5, 5.41) is 3.00. The number of anilines is 3. The van der Waals surface area contributed by atoms with Crippen molar-refractivity contribution in [1.82, 2.24) is 0 Å². The van der Waals surface area contributed by atoms with Crippen LogP contribution in [0.5, 0.6) is 0 Å². The minimum atomic E-state index is -3.24. The van der Waals surface area contributed by atoms with Gasteiger partial charge in [-0.2, -0.15) is 0 Å². The van der Waals surface area contributed by atoms with Crippen LogP contribution in [-0.4, -0.2) is 20.6 Å². The van der Waals surface area contributed by atoms with Crippen molar-refractivity contribution in [3.63, 3.8) is 0 Å². The van der Waals surface area contributed by atoms with Crippen LogP contribution in [-0.2, 0) is 9.84 Å². The average molecular weight is 305 g/mol. The first-order valence-corrected chi connectivity index (χ1v) is 7.93. The van der Waals surface area contributed by atoms with E-state index < -0.39 is 15.7 Å². The van der Waals surface area contributed by atoms with Gasteiger partial charge in [0, 0.05) is 17.6 Å². The molecule has 0 fully saturated rings. The average Bonchev–Trinajstić information content (AvgIpc) is 2.38. The third-order valence-corrected chi connectivity index (χ3v) is 4.00. The molecular weight excluding hydrogens is 290 g/mol. The molecule has 0 heterocycles. The summed E-state index contributed by atoms with van der Waals surface area (Å²) in [7, 11) is -3.24. The van der Waals surface area contributed by atoms with Gasteiger partial charge in [0.2, 0.25) is 0 Å². The molecule has 0 saturated carbocycles. The summed E-state index contributed by atoms with van der Waals surface area (Å²) >= 11 is 0. The maximum absolute atomic E-state index is 11.4. The molecule has 0 spiro atoms. The number of sulfone groups is 1. The number of nitrogens with two attached hydrogens (primary N) is 2. The van der Waals surface area contributed by atoms with Crippen LogP contribution in [0.2, 0.25) is 0 Å². The monoisotopic (exact) mass is 305 g/mol. The second-order valence-corrected chi connectivity index (χ2v) is 6.61. The second-order valence-electron chi connectivity index (χ2n) is 4.59. The van der Waals surface area contributed by atoms with Gasteiger partial charge in [0.1, 0.15) is 0 Å². The van der Waals surface area contributed by atoms with E-state index in [-0.39, 0.29) is 4.90 Å². The molecule has 2 aromatic rings. The summed E-state index contributed by atoms with van der Waals surface area (Å²) in [6.45, 7) is 0. The van der Waals surface area contributed by atoms with E-state index in [1.807, 2.05) is 0 Å². The molecule has 5 N–H and O–H groups in total. The van der Waals surface area contributed by atoms with Gasteiger partial charge < -0.3 is 16.8 Å². The Kier molecular flexibility index (Phi) is 3.86. The highest BCUT2D eigenvalue weighted by molar-refractivity contribution is 7.90. The Morgan fingerprint density at radius 3 is 2.24 bits per heavy atom. The van der Waals surface area contributed by atoms with Crippen LogP contribution in [0.3, 0.4) is 0 Å². The molecule has 2 rings (SSSR count). The van der Waals surface area contributed by atoms with Gasteiger partial charge in [0.15, 0.2) is 9.84 Å². The molecule has 0 saturated heterocycles. The number of nitrogen functional groups attached to an aromatic ring is 1. The lowest BCUT2D eigenvalue weighted by atomic mass is 10.1. The van der Waals surface area contributed by atoms with Crippen LogP contribution in [0.4, 0.5) is 17.1 Å². The topological polar surface area (TPSA) is 115 Å². The van der Waals surface area contributed by atoms with E-state index in [2.05, 4.69) is 5.32 Å². The number of carbonyl (C=O) groups is 1. The summed E-state index contributed by atoms with van der Waals surface area (Å²) in [6, 6.07) is 10.9. The first-order valence-electron chi connectivity index (χ1n) is 6.04. The van der Waals surface area contributed by atoms with Crippen molar-refractivity contribution < 1.29 is 13.2 Å². The quantitative estimate of drug-likeness (QED) is 0.741. The van der Waals surface area contributed by atoms with Crippen LogP contribution in [0.15, 0.2) is 47.4 Å². The smallest absolute Gasteiger partial charge is 0.250 e. The molecule has 0 radical (unpaired) electrons. The van der Waals surface area contributed by atoms with E-state index in [1.165, 1.54) is 18.2 Å². The van der Waals surface area contributed by atoms with Crippen LogP contribution in [0, 0.1) is 0 Å². The van der Waals surface area contributed by atoms with E-state index in [1.54, 1.807) is 24.3 Å². The largest absolute Gasteiger partial charge is 0.399 e. The molecule has 1 amide bonds. The Balaban J connectivity index is 2.34. The van der Waals surface area contributed by atoms with Crippen molar-refractivity contribution in [2.24, 2.45) is 5.73 Å². The molecule has 0 aliphatic carbocycles. The highest BCUT2D eigenvalue weighted by Gasteiger charge is 2.10. The first kappa shape index (κ1) is 14.9. The Morgan fingerprint density at radius 1 is 1.10 bits per heavy atom. The zero-order valence-corrected chi connectivity index (χ0v) is 12.1. The Labute approximate surface area is 122 Å². The van der Waals surface area contributed by atoms with E-state index in [0.717, 1.165) is 6.26 Å². The molecule has 0 aliphatic heterocycles. The van der Waals surface area contributed by atoms with Gasteiger partial charge in [0.25, 0.3) is 5.91 Å². The van der Waals surface area contributed by atoms with Gasteiger partial charge in [-0.05, 0) is 42.5 Å². The molecular formula is C14H15N3O3S. The van der Waals surface area contributed by atoms with Crippen molar-refractivity contribution in [3.8, 4) is 0 Å². The normalized spacial score (nSPS) is 11.1. The van der Waals surface area contributed by atoms with Crippen molar-refractivity contribution in [2.75, 3.05) is 17.3 Å². The first-order chi connectivity index (χ1) is 9.77. The lowest BCUT2D eigenvalue weighted by Crippen LogP contribution is -2.13. The van der Waals surface area contributed by atoms with Crippen molar-refractivity contribution >= 4 is 32.8 Å². The van der Waals surface area contributed by atoms with Gasteiger partial charge in [-0.3, -0.25) is 4.79 Å². The summed E-state index contributed by atoms with van der Waals surface area (Å²) in [4.78, 5) is 11.6. The molecule has 0 unspecified atom stereocenters. The highest BCUT2D eigenvalue weighted by Crippen LogP contribution is 2.24. The number of rotatable bonds is 4. The summed E-state index contributed by atoms with van der Waals surface area (Å²) in [6.07, 6.45) is 1.14. The van der Waals surface area contributed by atoms with Crippen LogP contribution >= 0.6 is 0 Å². The third-order valence-electron chi connectivity index (χ3n) is 2.87. The number of hydrogen-bond acceptors (Lipinski definition) is 5. The Hall–Kier alpha value is -2.54. The van der Waals surface area contributed by atoms with Gasteiger partial charge in [-0.25, -0.2) is 8.42 Å². The predicted octanol–water partition coefficient (Wildman–Crippen LogP) is 1.51. The summed E-state index contributed by atoms with van der Waals surface area (Å²) in [5.74, 6) is -0.578. The molecule has 21 heavy (non-hydrogen) atoms. The molecule has 2 aromatic carbocycles. The zero-order valence-electron chi connectivity index (χ0n) is 11.3. The standard InChI is InChI=1S/C14H15N3O3S/c1-21(19,20)11-5-3-10(4-6-11)17-13-8-9(15)2-7-12(13)14(16)18/h2-8,17H,15H2,1H3,(H2,16,18).